The van der Waals surface area contributed by atoms with Crippen molar-refractivity contribution in [3.63, 3.8) is 0 Å². The predicted molar refractivity (Wildman–Crippen MR) is 53.8 cm³/mol. The lowest BCUT2D eigenvalue weighted by molar-refractivity contribution is -0.133. The zero-order valence-corrected chi connectivity index (χ0v) is 8.99. The second-order valence-electron chi connectivity index (χ2n) is 4.82. The Hall–Kier alpha value is -0.0800. The third-order valence-corrected chi connectivity index (χ3v) is 3.57. The van der Waals surface area contributed by atoms with Crippen molar-refractivity contribution < 1.29 is 4.74 Å². The first kappa shape index (κ1) is 9.47. The molecule has 0 spiro atoms. The summed E-state index contributed by atoms with van der Waals surface area (Å²) in [6.45, 7) is 5.66. The third kappa shape index (κ3) is 1.75. The van der Waals surface area contributed by atoms with E-state index in [-0.39, 0.29) is 0 Å². The van der Waals surface area contributed by atoms with Gasteiger partial charge in [0.25, 0.3) is 0 Å². The van der Waals surface area contributed by atoms with Crippen molar-refractivity contribution in [3.8, 4) is 0 Å². The summed E-state index contributed by atoms with van der Waals surface area (Å²) in [6.07, 6.45) is 4.93. The fourth-order valence-electron chi connectivity index (χ4n) is 3.08. The molecule has 2 unspecified atom stereocenters. The van der Waals surface area contributed by atoms with E-state index >= 15 is 0 Å². The maximum atomic E-state index is 5.99. The van der Waals surface area contributed by atoms with Crippen LogP contribution in [0.15, 0.2) is 0 Å². The van der Waals surface area contributed by atoms with Gasteiger partial charge in [0.1, 0.15) is 0 Å². The maximum Gasteiger partial charge on any atom is 0.0737 e. The van der Waals surface area contributed by atoms with E-state index in [1.165, 1.54) is 19.3 Å². The van der Waals surface area contributed by atoms with E-state index in [4.69, 9.17) is 4.74 Å². The molecule has 0 bridgehead atoms. The molecule has 2 aliphatic rings. The molecule has 13 heavy (non-hydrogen) atoms. The Labute approximate surface area is 81.3 Å². The average molecular weight is 183 g/mol. The first-order valence-electron chi connectivity index (χ1n) is 5.54. The molecule has 2 nitrogen and oxygen atoms in total. The minimum atomic E-state index is 0.427. The molecule has 2 fully saturated rings. The van der Waals surface area contributed by atoms with E-state index in [1.54, 1.807) is 0 Å². The van der Waals surface area contributed by atoms with E-state index in [2.05, 4.69) is 25.8 Å². The molecule has 0 aromatic carbocycles. The zero-order chi connectivity index (χ0) is 9.42. The van der Waals surface area contributed by atoms with Gasteiger partial charge in [-0.25, -0.2) is 0 Å². The molecule has 1 heterocycles. The average Bonchev–Trinajstić information content (AvgIpc) is 2.02. The fraction of sp³-hybridized carbons (Fsp3) is 1.00. The van der Waals surface area contributed by atoms with Crippen molar-refractivity contribution in [2.45, 2.75) is 51.4 Å². The predicted octanol–water partition coefficient (Wildman–Crippen LogP) is 1.89. The second-order valence-corrected chi connectivity index (χ2v) is 4.82. The molecule has 0 aromatic rings. The summed E-state index contributed by atoms with van der Waals surface area (Å²) in [5.74, 6) is 0.816. The minimum Gasteiger partial charge on any atom is -0.372 e. The molecule has 0 amide bonds. The largest absolute Gasteiger partial charge is 0.372 e. The molecule has 4 atom stereocenters. The lowest BCUT2D eigenvalue weighted by Gasteiger charge is -2.47. The van der Waals surface area contributed by atoms with Crippen LogP contribution < -0.4 is 0 Å². The quantitative estimate of drug-likeness (QED) is 0.568. The van der Waals surface area contributed by atoms with Gasteiger partial charge in [0.05, 0.1) is 12.2 Å². The molecular weight excluding hydrogens is 162 g/mol. The third-order valence-electron chi connectivity index (χ3n) is 3.57. The van der Waals surface area contributed by atoms with Gasteiger partial charge in [-0.3, -0.25) is 4.90 Å². The Morgan fingerprint density at radius 3 is 2.77 bits per heavy atom. The summed E-state index contributed by atoms with van der Waals surface area (Å²) < 4.78 is 5.99. The summed E-state index contributed by atoms with van der Waals surface area (Å²) in [6, 6.07) is 0.685. The van der Waals surface area contributed by atoms with Gasteiger partial charge in [0.2, 0.25) is 0 Å². The van der Waals surface area contributed by atoms with Gasteiger partial charge in [0, 0.05) is 12.6 Å². The molecule has 1 saturated carbocycles. The number of nitrogens with zero attached hydrogens (tertiary/aromatic N) is 1. The van der Waals surface area contributed by atoms with Crippen LogP contribution in [0.4, 0.5) is 0 Å². The monoisotopic (exact) mass is 183 g/mol. The molecule has 76 valence electrons. The number of hydrogen-bond donors (Lipinski definition) is 0. The highest BCUT2D eigenvalue weighted by Gasteiger charge is 2.38. The molecule has 0 aromatic heterocycles. The van der Waals surface area contributed by atoms with Crippen molar-refractivity contribution in [3.05, 3.63) is 0 Å². The van der Waals surface area contributed by atoms with Crippen molar-refractivity contribution in [2.75, 3.05) is 13.6 Å². The molecular formula is C11H21NO. The van der Waals surface area contributed by atoms with Crippen molar-refractivity contribution >= 4 is 0 Å². The maximum absolute atomic E-state index is 5.99. The number of ether oxygens (including phenoxy) is 1. The number of morpholine rings is 1. The molecule has 0 radical (unpaired) electrons. The lowest BCUT2D eigenvalue weighted by Crippen LogP contribution is -2.56. The van der Waals surface area contributed by atoms with Crippen molar-refractivity contribution in [1.82, 2.24) is 4.90 Å². The van der Waals surface area contributed by atoms with Crippen LogP contribution in [0.1, 0.15) is 33.1 Å². The molecule has 2 heteroatoms. The van der Waals surface area contributed by atoms with Crippen molar-refractivity contribution in [2.24, 2.45) is 5.92 Å². The number of hydrogen-bond acceptors (Lipinski definition) is 2. The van der Waals surface area contributed by atoms with E-state index in [0.717, 1.165) is 12.5 Å². The SMILES string of the molecule is C[C@@H]1CN(C)C2C(CCC[C@@H]2C)O1. The normalized spacial score (nSPS) is 47.3. The van der Waals surface area contributed by atoms with Gasteiger partial charge in [-0.1, -0.05) is 13.3 Å². The highest BCUT2D eigenvalue weighted by molar-refractivity contribution is 4.91. The zero-order valence-electron chi connectivity index (χ0n) is 8.99. The Morgan fingerprint density at radius 2 is 2.00 bits per heavy atom. The summed E-state index contributed by atoms with van der Waals surface area (Å²) in [5, 5.41) is 0. The smallest absolute Gasteiger partial charge is 0.0737 e. The topological polar surface area (TPSA) is 12.5 Å². The van der Waals surface area contributed by atoms with Crippen LogP contribution in [0.3, 0.4) is 0 Å². The fourth-order valence-corrected chi connectivity index (χ4v) is 3.08. The molecule has 0 N–H and O–H groups in total. The van der Waals surface area contributed by atoms with E-state index < -0.39 is 0 Å². The Bertz CT molecular complexity index is 183. The summed E-state index contributed by atoms with van der Waals surface area (Å²) in [5.41, 5.74) is 0. The van der Waals surface area contributed by atoms with E-state index in [0.29, 0.717) is 18.2 Å². The Morgan fingerprint density at radius 1 is 1.23 bits per heavy atom. The van der Waals surface area contributed by atoms with Gasteiger partial charge in [-0.15, -0.1) is 0 Å². The van der Waals surface area contributed by atoms with Crippen LogP contribution in [0.25, 0.3) is 0 Å². The van der Waals surface area contributed by atoms with Crippen LogP contribution in [0, 0.1) is 5.92 Å². The first-order chi connectivity index (χ1) is 6.18. The van der Waals surface area contributed by atoms with E-state index in [9.17, 15) is 0 Å². The molecule has 1 aliphatic carbocycles. The van der Waals surface area contributed by atoms with Crippen LogP contribution in [0.5, 0.6) is 0 Å². The summed E-state index contributed by atoms with van der Waals surface area (Å²) in [4.78, 5) is 2.50. The molecule has 2 rings (SSSR count). The van der Waals surface area contributed by atoms with Gasteiger partial charge in [-0.2, -0.15) is 0 Å². The van der Waals surface area contributed by atoms with Crippen molar-refractivity contribution in [1.29, 1.82) is 0 Å². The highest BCUT2D eigenvalue weighted by Crippen LogP contribution is 2.33. The number of rotatable bonds is 0. The molecule has 1 aliphatic heterocycles. The van der Waals surface area contributed by atoms with Gasteiger partial charge >= 0.3 is 0 Å². The minimum absolute atomic E-state index is 0.427. The van der Waals surface area contributed by atoms with Crippen LogP contribution in [0.2, 0.25) is 0 Å². The molecule has 1 saturated heterocycles. The summed E-state index contributed by atoms with van der Waals surface area (Å²) >= 11 is 0. The summed E-state index contributed by atoms with van der Waals surface area (Å²) in [7, 11) is 2.25. The lowest BCUT2D eigenvalue weighted by atomic mass is 9.81. The standard InChI is InChI=1S/C11H21NO/c1-8-5-4-6-10-11(8)12(3)7-9(2)13-10/h8-11H,4-7H2,1-3H3/t8-,9+,10?,11?/m0/s1. The first-order valence-corrected chi connectivity index (χ1v) is 5.54. The van der Waals surface area contributed by atoms with Crippen LogP contribution in [-0.4, -0.2) is 36.7 Å². The van der Waals surface area contributed by atoms with Gasteiger partial charge < -0.3 is 4.74 Å². The highest BCUT2D eigenvalue weighted by atomic mass is 16.5. The van der Waals surface area contributed by atoms with Gasteiger partial charge in [0.15, 0.2) is 0 Å². The number of fused-ring (bicyclic) bond motifs is 1. The van der Waals surface area contributed by atoms with E-state index in [1.807, 2.05) is 0 Å². The Balaban J connectivity index is 2.08. The van der Waals surface area contributed by atoms with Crippen LogP contribution >= 0.6 is 0 Å². The number of likely N-dealkylation sites (N-methyl/N-ethyl adjacent to an activating group) is 1. The Kier molecular flexibility index (Phi) is 2.61. The second kappa shape index (κ2) is 3.58. The van der Waals surface area contributed by atoms with Crippen LogP contribution in [-0.2, 0) is 4.74 Å². The van der Waals surface area contributed by atoms with Gasteiger partial charge in [-0.05, 0) is 32.7 Å².